The SMILES string of the molecule is CC(C)(C)OCC1C(=O)NCCN1C(=O)CC(N)Cc1cc(F)c(F)cc1F.O=C(O)CCCCC(=O)O. The van der Waals surface area contributed by atoms with Gasteiger partial charge in [0.15, 0.2) is 11.6 Å². The standard InChI is InChI=1S/C19H26F3N3O3.C6H10O4/c1-19(2,3)28-10-16-18(27)24-4-5-25(16)17(26)8-12(23)6-11-7-14(21)15(22)9-13(11)20;7-5(8)3-1-2-4-6(9)10/h7,9,12,16H,4-6,8,10,23H2,1-3H3,(H,24,27);1-4H2,(H,7,8)(H,9,10). The van der Waals surface area contributed by atoms with E-state index < -0.39 is 47.1 Å². The van der Waals surface area contributed by atoms with Crippen LogP contribution in [0.15, 0.2) is 12.1 Å². The van der Waals surface area contributed by atoms with Crippen molar-refractivity contribution in [1.82, 2.24) is 10.2 Å². The monoisotopic (exact) mass is 547 g/mol. The predicted molar refractivity (Wildman–Crippen MR) is 131 cm³/mol. The largest absolute Gasteiger partial charge is 0.481 e. The van der Waals surface area contributed by atoms with Crippen LogP contribution in [0.25, 0.3) is 0 Å². The minimum absolute atomic E-state index is 0.0358. The lowest BCUT2D eigenvalue weighted by Crippen LogP contribution is -2.60. The number of nitrogens with two attached hydrogens (primary N) is 1. The van der Waals surface area contributed by atoms with Crippen LogP contribution in [-0.2, 0) is 30.3 Å². The molecule has 2 unspecified atom stereocenters. The molecule has 2 atom stereocenters. The zero-order valence-corrected chi connectivity index (χ0v) is 21.8. The van der Waals surface area contributed by atoms with E-state index in [-0.39, 0.29) is 49.7 Å². The van der Waals surface area contributed by atoms with E-state index in [1.165, 1.54) is 4.90 Å². The van der Waals surface area contributed by atoms with Gasteiger partial charge in [0.25, 0.3) is 0 Å². The zero-order chi connectivity index (χ0) is 29.0. The highest BCUT2D eigenvalue weighted by atomic mass is 19.2. The molecule has 2 amide bonds. The van der Waals surface area contributed by atoms with E-state index in [0.717, 1.165) is 6.07 Å². The number of hydrogen-bond donors (Lipinski definition) is 4. The van der Waals surface area contributed by atoms with E-state index in [2.05, 4.69) is 5.32 Å². The van der Waals surface area contributed by atoms with Gasteiger partial charge in [-0.15, -0.1) is 0 Å². The third-order valence-corrected chi connectivity index (χ3v) is 5.36. The summed E-state index contributed by atoms with van der Waals surface area (Å²) in [7, 11) is 0. The van der Waals surface area contributed by atoms with Crippen LogP contribution in [0.2, 0.25) is 0 Å². The van der Waals surface area contributed by atoms with E-state index in [1.54, 1.807) is 0 Å². The fraction of sp³-hybridized carbons (Fsp3) is 0.600. The number of halogens is 3. The molecule has 38 heavy (non-hydrogen) atoms. The quantitative estimate of drug-likeness (QED) is 0.242. The van der Waals surface area contributed by atoms with Gasteiger partial charge >= 0.3 is 11.9 Å². The number of amides is 2. The number of unbranched alkanes of at least 4 members (excludes halogenated alkanes) is 1. The lowest BCUT2D eigenvalue weighted by Gasteiger charge is -2.36. The first-order valence-electron chi connectivity index (χ1n) is 12.1. The summed E-state index contributed by atoms with van der Waals surface area (Å²) >= 11 is 0. The molecular weight excluding hydrogens is 511 g/mol. The van der Waals surface area contributed by atoms with Gasteiger partial charge in [-0.25, -0.2) is 13.2 Å². The second-order valence-electron chi connectivity index (χ2n) is 9.84. The molecule has 0 radical (unpaired) electrons. The molecule has 13 heteroatoms. The summed E-state index contributed by atoms with van der Waals surface area (Å²) in [5.74, 6) is -5.82. The maximum atomic E-state index is 13.8. The third kappa shape index (κ3) is 12.4. The summed E-state index contributed by atoms with van der Waals surface area (Å²) in [6.07, 6.45) is 0.708. The minimum Gasteiger partial charge on any atom is -0.481 e. The minimum atomic E-state index is -1.29. The summed E-state index contributed by atoms with van der Waals surface area (Å²) in [4.78, 5) is 46.0. The number of aliphatic carboxylic acids is 2. The van der Waals surface area contributed by atoms with Crippen LogP contribution in [0.1, 0.15) is 58.4 Å². The van der Waals surface area contributed by atoms with Crippen LogP contribution in [0.5, 0.6) is 0 Å². The molecule has 5 N–H and O–H groups in total. The molecule has 10 nitrogen and oxygen atoms in total. The number of carboxylic acid groups (broad SMARTS) is 2. The molecule has 1 aromatic carbocycles. The molecule has 0 spiro atoms. The molecule has 2 rings (SSSR count). The lowest BCUT2D eigenvalue weighted by atomic mass is 10.0. The molecule has 0 aliphatic carbocycles. The lowest BCUT2D eigenvalue weighted by molar-refractivity contribution is -0.148. The molecule has 0 aromatic heterocycles. The number of rotatable bonds is 11. The number of hydrogen-bond acceptors (Lipinski definition) is 6. The topological polar surface area (TPSA) is 159 Å². The number of nitrogens with one attached hydrogen (secondary N) is 1. The smallest absolute Gasteiger partial charge is 0.303 e. The first-order chi connectivity index (χ1) is 17.6. The summed E-state index contributed by atoms with van der Waals surface area (Å²) < 4.78 is 45.8. The Kier molecular flexibility index (Phi) is 13.2. The van der Waals surface area contributed by atoms with Crippen molar-refractivity contribution in [3.63, 3.8) is 0 Å². The molecule has 1 fully saturated rings. The van der Waals surface area contributed by atoms with Crippen LogP contribution >= 0.6 is 0 Å². The van der Waals surface area contributed by atoms with Crippen molar-refractivity contribution in [3.8, 4) is 0 Å². The normalized spacial score (nSPS) is 16.2. The zero-order valence-electron chi connectivity index (χ0n) is 21.8. The van der Waals surface area contributed by atoms with Crippen molar-refractivity contribution in [2.75, 3.05) is 19.7 Å². The number of nitrogens with zero attached hydrogens (tertiary/aromatic N) is 1. The Morgan fingerprint density at radius 1 is 1.08 bits per heavy atom. The average Bonchev–Trinajstić information content (AvgIpc) is 2.79. The van der Waals surface area contributed by atoms with E-state index in [1.807, 2.05) is 20.8 Å². The predicted octanol–water partition coefficient (Wildman–Crippen LogP) is 2.22. The highest BCUT2D eigenvalue weighted by Gasteiger charge is 2.34. The van der Waals surface area contributed by atoms with Crippen molar-refractivity contribution in [2.24, 2.45) is 5.73 Å². The van der Waals surface area contributed by atoms with E-state index >= 15 is 0 Å². The summed E-state index contributed by atoms with van der Waals surface area (Å²) in [5, 5.41) is 19.0. The molecule has 1 aliphatic rings. The van der Waals surface area contributed by atoms with E-state index in [4.69, 9.17) is 20.7 Å². The number of benzene rings is 1. The summed E-state index contributed by atoms with van der Waals surface area (Å²) in [6.45, 7) is 6.16. The second-order valence-corrected chi connectivity index (χ2v) is 9.84. The van der Waals surface area contributed by atoms with Gasteiger partial charge < -0.3 is 30.9 Å². The molecule has 1 aliphatic heterocycles. The molecule has 1 saturated heterocycles. The number of carbonyl (C=O) groups is 4. The van der Waals surface area contributed by atoms with Gasteiger partial charge in [-0.3, -0.25) is 19.2 Å². The van der Waals surface area contributed by atoms with Crippen LogP contribution in [0, 0.1) is 17.5 Å². The van der Waals surface area contributed by atoms with Gasteiger partial charge in [-0.05, 0) is 51.7 Å². The van der Waals surface area contributed by atoms with Crippen molar-refractivity contribution >= 4 is 23.8 Å². The summed E-state index contributed by atoms with van der Waals surface area (Å²) in [6, 6.07) is -0.411. The van der Waals surface area contributed by atoms with E-state index in [0.29, 0.717) is 32.0 Å². The number of ether oxygens (including phenoxy) is 1. The highest BCUT2D eigenvalue weighted by Crippen LogP contribution is 2.17. The average molecular weight is 548 g/mol. The van der Waals surface area contributed by atoms with Crippen LogP contribution in [0.4, 0.5) is 13.2 Å². The van der Waals surface area contributed by atoms with Crippen molar-refractivity contribution < 1.29 is 47.3 Å². The molecule has 0 bridgehead atoms. The first-order valence-corrected chi connectivity index (χ1v) is 12.1. The highest BCUT2D eigenvalue weighted by molar-refractivity contribution is 5.89. The Morgan fingerprint density at radius 3 is 2.16 bits per heavy atom. The Labute approximate surface area is 219 Å². The van der Waals surface area contributed by atoms with Gasteiger partial charge in [-0.1, -0.05) is 0 Å². The van der Waals surface area contributed by atoms with Gasteiger partial charge in [0, 0.05) is 44.5 Å². The number of carboxylic acids is 2. The number of carbonyl (C=O) groups excluding carboxylic acids is 2. The van der Waals surface area contributed by atoms with Crippen molar-refractivity contribution in [2.45, 2.75) is 77.0 Å². The Bertz CT molecular complexity index is 970. The number of piperazine rings is 1. The van der Waals surface area contributed by atoms with Gasteiger partial charge in [0.2, 0.25) is 11.8 Å². The molecule has 1 heterocycles. The van der Waals surface area contributed by atoms with Crippen molar-refractivity contribution in [3.05, 3.63) is 35.1 Å². The van der Waals surface area contributed by atoms with Crippen molar-refractivity contribution in [1.29, 1.82) is 0 Å². The maximum absolute atomic E-state index is 13.8. The second kappa shape index (κ2) is 15.3. The Balaban J connectivity index is 0.000000612. The molecular formula is C25H36F3N3O7. The van der Waals surface area contributed by atoms with Gasteiger partial charge in [-0.2, -0.15) is 0 Å². The fourth-order valence-electron chi connectivity index (χ4n) is 3.48. The molecule has 1 aromatic rings. The molecule has 214 valence electrons. The summed E-state index contributed by atoms with van der Waals surface area (Å²) in [5.41, 5.74) is 5.34. The Hall–Kier alpha value is -3.19. The van der Waals surface area contributed by atoms with Crippen LogP contribution in [-0.4, -0.2) is 76.2 Å². The first kappa shape index (κ1) is 32.8. The fourth-order valence-corrected chi connectivity index (χ4v) is 3.48. The van der Waals surface area contributed by atoms with Crippen LogP contribution < -0.4 is 11.1 Å². The maximum Gasteiger partial charge on any atom is 0.303 e. The van der Waals surface area contributed by atoms with Crippen LogP contribution in [0.3, 0.4) is 0 Å². The van der Waals surface area contributed by atoms with Gasteiger partial charge in [0.1, 0.15) is 11.9 Å². The van der Waals surface area contributed by atoms with Gasteiger partial charge in [0.05, 0.1) is 12.2 Å². The Morgan fingerprint density at radius 2 is 1.63 bits per heavy atom. The third-order valence-electron chi connectivity index (χ3n) is 5.36. The molecule has 0 saturated carbocycles. The van der Waals surface area contributed by atoms with E-state index in [9.17, 15) is 32.3 Å².